The number of alkyl halides is 1. The first-order valence-electron chi connectivity index (χ1n) is 21.3. The predicted octanol–water partition coefficient (Wildman–Crippen LogP) is 4.80. The lowest BCUT2D eigenvalue weighted by molar-refractivity contribution is -0.0977. The summed E-state index contributed by atoms with van der Waals surface area (Å²) in [5, 5.41) is 20.3. The molecule has 9 heterocycles. The number of carbonyl (C=O) groups excluding carboxylic acids is 1. The van der Waals surface area contributed by atoms with Gasteiger partial charge in [0.1, 0.15) is 34.9 Å². The first kappa shape index (κ1) is 54.3. The fraction of sp³-hybridized carbons (Fsp3) is 0.304. The minimum absolute atomic E-state index is 0. The van der Waals surface area contributed by atoms with Gasteiger partial charge < -0.3 is 58.8 Å². The molecule has 24 heteroatoms. The van der Waals surface area contributed by atoms with Gasteiger partial charge in [-0.2, -0.15) is 0 Å². The van der Waals surface area contributed by atoms with Crippen molar-refractivity contribution in [1.29, 1.82) is 0 Å². The lowest BCUT2D eigenvalue weighted by Crippen LogP contribution is -2.41. The number of nitrogens with one attached hydrogen (secondary N) is 1. The van der Waals surface area contributed by atoms with Crippen LogP contribution in [0.25, 0.3) is 34.1 Å². The van der Waals surface area contributed by atoms with E-state index in [-0.39, 0.29) is 72.2 Å². The Hall–Kier alpha value is -6.66. The standard InChI is InChI=1S/C22H17FN8O2.C11H17BN2O2.C7H7BN2O2.C5H11BrO2.CH4/c1-12-9-27-16-5-4-13(11-31(12)16)17-18(22-26-7-8-33-22)30-20(24)19(29-17)21(32)28-10-15-14(23)3-2-6-25-15;1-10(2)11(3,4)16-12(15-10)8-5-6-9(13)14-7-8;11-8(12)6-1-2-7-9-3-4-10(7)5-6;1-4(6)5(7-2)8-3;/h2-9,11H,10H2,1H3,(H2,24,30)(H,28,32);5-7H,1-4H3,(H2,13,14);1-5,11-12H;4-5H,1-3H3;1H4. The number of carbonyl (C=O) groups is 1. The summed E-state index contributed by atoms with van der Waals surface area (Å²) in [7, 11) is 1.45. The quantitative estimate of drug-likeness (QED) is 0.0699. The maximum absolute atomic E-state index is 13.9. The zero-order chi connectivity index (χ0) is 50.0. The summed E-state index contributed by atoms with van der Waals surface area (Å²) in [6.45, 7) is 11.9. The summed E-state index contributed by atoms with van der Waals surface area (Å²) in [5.41, 5.74) is 16.0. The highest BCUT2D eigenvalue weighted by Gasteiger charge is 2.51. The van der Waals surface area contributed by atoms with Crippen LogP contribution >= 0.6 is 15.9 Å². The fourth-order valence-corrected chi connectivity index (χ4v) is 6.87. The van der Waals surface area contributed by atoms with Gasteiger partial charge >= 0.3 is 14.2 Å². The fourth-order valence-electron chi connectivity index (χ4n) is 6.44. The number of amides is 1. The molecule has 0 bridgehead atoms. The molecule has 0 aliphatic carbocycles. The third-order valence-corrected chi connectivity index (χ3v) is 11.3. The Morgan fingerprint density at radius 2 is 1.61 bits per heavy atom. The van der Waals surface area contributed by atoms with E-state index in [1.54, 1.807) is 73.9 Å². The second-order valence-electron chi connectivity index (χ2n) is 16.3. The van der Waals surface area contributed by atoms with Crippen LogP contribution in [-0.4, -0.2) is 110 Å². The van der Waals surface area contributed by atoms with Crippen LogP contribution in [0, 0.1) is 12.7 Å². The Bertz CT molecular complexity index is 2940. The summed E-state index contributed by atoms with van der Waals surface area (Å²) in [4.78, 5) is 42.4. The smallest absolute Gasteiger partial charge is 0.443 e. The van der Waals surface area contributed by atoms with E-state index in [1.165, 1.54) is 30.8 Å². The average Bonchev–Trinajstić information content (AvgIpc) is 4.14. The van der Waals surface area contributed by atoms with Crippen molar-refractivity contribution in [2.45, 2.75) is 77.8 Å². The van der Waals surface area contributed by atoms with Gasteiger partial charge in [0, 0.05) is 74.3 Å². The van der Waals surface area contributed by atoms with Crippen LogP contribution < -0.4 is 27.7 Å². The summed E-state index contributed by atoms with van der Waals surface area (Å²) in [5.74, 6) is -0.564. The van der Waals surface area contributed by atoms with Crippen LogP contribution in [0.1, 0.15) is 63.9 Å². The van der Waals surface area contributed by atoms with Crippen molar-refractivity contribution in [2.24, 2.45) is 0 Å². The highest BCUT2D eigenvalue weighted by molar-refractivity contribution is 9.09. The number of hydrogen-bond donors (Lipinski definition) is 5. The molecule has 0 radical (unpaired) electrons. The summed E-state index contributed by atoms with van der Waals surface area (Å²) < 4.78 is 44.4. The number of halogens is 2. The van der Waals surface area contributed by atoms with Crippen LogP contribution in [0.5, 0.6) is 0 Å². The molecule has 1 saturated heterocycles. The third kappa shape index (κ3) is 13.1. The minimum atomic E-state index is -1.42. The molecule has 0 aromatic carbocycles. The first-order valence-corrected chi connectivity index (χ1v) is 22.2. The maximum Gasteiger partial charge on any atom is 0.496 e. The summed E-state index contributed by atoms with van der Waals surface area (Å²) >= 11 is 3.31. The number of imidazole rings is 2. The van der Waals surface area contributed by atoms with Crippen molar-refractivity contribution in [3.63, 3.8) is 0 Å². The molecule has 7 N–H and O–H groups in total. The van der Waals surface area contributed by atoms with Crippen LogP contribution in [-0.2, 0) is 25.3 Å². The van der Waals surface area contributed by atoms with Gasteiger partial charge in [-0.3, -0.25) is 9.78 Å². The lowest BCUT2D eigenvalue weighted by atomic mass is 9.80. The monoisotopic (exact) mass is 1020 g/mol. The van der Waals surface area contributed by atoms with Crippen LogP contribution in [0.2, 0.25) is 0 Å². The topological polar surface area (TPSA) is 271 Å². The van der Waals surface area contributed by atoms with E-state index in [0.717, 1.165) is 22.5 Å². The number of nitrogens with two attached hydrogens (primary N) is 2. The number of methoxy groups -OCH3 is 2. The highest BCUT2D eigenvalue weighted by Crippen LogP contribution is 2.36. The molecule has 70 heavy (non-hydrogen) atoms. The van der Waals surface area contributed by atoms with Gasteiger partial charge in [-0.05, 0) is 83.4 Å². The molecule has 8 aromatic heterocycles. The summed E-state index contributed by atoms with van der Waals surface area (Å²) in [6.07, 6.45) is 14.5. The lowest BCUT2D eigenvalue weighted by Gasteiger charge is -2.32. The van der Waals surface area contributed by atoms with Crippen molar-refractivity contribution in [2.75, 3.05) is 25.7 Å². The number of pyridine rings is 4. The molecule has 1 atom stereocenters. The van der Waals surface area contributed by atoms with E-state index in [9.17, 15) is 9.18 Å². The number of rotatable bonds is 10. The van der Waals surface area contributed by atoms with Crippen LogP contribution in [0.4, 0.5) is 16.0 Å². The van der Waals surface area contributed by atoms with Gasteiger partial charge in [-0.15, -0.1) is 0 Å². The maximum atomic E-state index is 13.9. The van der Waals surface area contributed by atoms with E-state index in [0.29, 0.717) is 22.5 Å². The number of ether oxygens (including phenoxy) is 2. The zero-order valence-electron chi connectivity index (χ0n) is 39.1. The first-order chi connectivity index (χ1) is 32.8. The van der Waals surface area contributed by atoms with Crippen molar-refractivity contribution in [3.8, 4) is 22.8 Å². The van der Waals surface area contributed by atoms with Crippen LogP contribution in [0.15, 0.2) is 109 Å². The van der Waals surface area contributed by atoms with E-state index in [2.05, 4.69) is 56.1 Å². The molecule has 1 aliphatic heterocycles. The number of anilines is 2. The molecule has 8 aromatic rings. The number of nitrogen functional groups attached to an aromatic ring is 2. The second-order valence-corrected chi connectivity index (χ2v) is 17.7. The Balaban J connectivity index is 0.000000204. The molecule has 0 spiro atoms. The van der Waals surface area contributed by atoms with Crippen molar-refractivity contribution >= 4 is 69.9 Å². The predicted molar refractivity (Wildman–Crippen MR) is 269 cm³/mol. The normalized spacial score (nSPS) is 13.8. The minimum Gasteiger partial charge on any atom is -0.443 e. The molecule has 1 amide bonds. The van der Waals surface area contributed by atoms with Gasteiger partial charge in [0.15, 0.2) is 23.5 Å². The highest BCUT2D eigenvalue weighted by atomic mass is 79.9. The molecule has 1 fully saturated rings. The Labute approximate surface area is 413 Å². The van der Waals surface area contributed by atoms with Crippen molar-refractivity contribution in [3.05, 3.63) is 127 Å². The van der Waals surface area contributed by atoms with Crippen molar-refractivity contribution in [1.82, 2.24) is 49.0 Å². The van der Waals surface area contributed by atoms with E-state index in [1.807, 2.05) is 64.3 Å². The second kappa shape index (κ2) is 23.8. The molecular weight excluding hydrogens is 969 g/mol. The molecule has 1 unspecified atom stereocenters. The average molecular weight is 1030 g/mol. The number of nitrogens with zero attached hydrogens (tertiary/aromatic N) is 9. The van der Waals surface area contributed by atoms with E-state index in [4.69, 9.17) is 44.7 Å². The number of aromatic nitrogens is 9. The van der Waals surface area contributed by atoms with E-state index < -0.39 is 18.8 Å². The number of fused-ring (bicyclic) bond motifs is 2. The molecule has 1 aliphatic rings. The van der Waals surface area contributed by atoms with Crippen LogP contribution in [0.3, 0.4) is 0 Å². The Kier molecular flexibility index (Phi) is 18.4. The van der Waals surface area contributed by atoms with E-state index >= 15 is 0 Å². The van der Waals surface area contributed by atoms with Gasteiger partial charge in [0.05, 0.1) is 34.5 Å². The Morgan fingerprint density at radius 1 is 0.900 bits per heavy atom. The van der Waals surface area contributed by atoms with Crippen molar-refractivity contribution < 1.29 is 42.4 Å². The molecule has 20 nitrogen and oxygen atoms in total. The number of hydrogen-bond acceptors (Lipinski definition) is 17. The Morgan fingerprint density at radius 3 is 2.21 bits per heavy atom. The third-order valence-electron chi connectivity index (χ3n) is 10.9. The zero-order valence-corrected chi connectivity index (χ0v) is 40.7. The summed E-state index contributed by atoms with van der Waals surface area (Å²) in [6, 6.07) is 13.4. The van der Waals surface area contributed by atoms with Gasteiger partial charge in [-0.1, -0.05) is 35.5 Å². The van der Waals surface area contributed by atoms with Gasteiger partial charge in [0.2, 0.25) is 5.89 Å². The van der Waals surface area contributed by atoms with Gasteiger partial charge in [-0.25, -0.2) is 34.3 Å². The number of oxazole rings is 1. The molecule has 0 saturated carbocycles. The molecule has 368 valence electrons. The molecule has 9 rings (SSSR count). The molecular formula is C46H56B2BrFN12O8. The number of aryl methyl sites for hydroxylation is 1. The largest absolute Gasteiger partial charge is 0.496 e. The van der Waals surface area contributed by atoms with Gasteiger partial charge in [0.25, 0.3) is 5.91 Å². The SMILES string of the molecule is C.CC1(C)OB(c2ccc(N)nc2)OC1(C)C.COC(OC)C(C)Br.Cc1cnc2ccc(-c3nc(C(=O)NCc4ncccc4F)c(N)nc3-c3ncco3)cn12.OB(O)c1ccc2nccn2c1.